The standard InChI is InChI=1S/C17H16ClFN2O/c18-14-3-1-2-4-15(14)21-16(22)20-11-17(9-10-17)12-5-7-13(19)8-6-12/h1-8H,9-11H2,(H2,20,21,22). The average molecular weight is 319 g/mol. The van der Waals surface area contributed by atoms with Crippen molar-refractivity contribution in [2.45, 2.75) is 18.3 Å². The monoisotopic (exact) mass is 318 g/mol. The largest absolute Gasteiger partial charge is 0.337 e. The van der Waals surface area contributed by atoms with E-state index in [0.29, 0.717) is 17.3 Å². The Labute approximate surface area is 133 Å². The summed E-state index contributed by atoms with van der Waals surface area (Å²) in [4.78, 5) is 12.0. The maximum absolute atomic E-state index is 13.0. The second-order valence-corrected chi connectivity index (χ2v) is 5.98. The Morgan fingerprint density at radius 3 is 2.45 bits per heavy atom. The van der Waals surface area contributed by atoms with Crippen molar-refractivity contribution in [1.29, 1.82) is 0 Å². The van der Waals surface area contributed by atoms with E-state index in [1.54, 1.807) is 30.3 Å². The highest BCUT2D eigenvalue weighted by atomic mass is 35.5. The zero-order valence-electron chi connectivity index (χ0n) is 11.9. The molecule has 22 heavy (non-hydrogen) atoms. The number of nitrogens with one attached hydrogen (secondary N) is 2. The van der Waals surface area contributed by atoms with Crippen molar-refractivity contribution in [3.8, 4) is 0 Å². The van der Waals surface area contributed by atoms with Crippen LogP contribution >= 0.6 is 11.6 Å². The Kier molecular flexibility index (Phi) is 4.03. The van der Waals surface area contributed by atoms with E-state index < -0.39 is 0 Å². The lowest BCUT2D eigenvalue weighted by atomic mass is 9.96. The van der Waals surface area contributed by atoms with Crippen LogP contribution < -0.4 is 10.6 Å². The normalized spacial score (nSPS) is 15.2. The fraction of sp³-hybridized carbons (Fsp3) is 0.235. The fourth-order valence-electron chi connectivity index (χ4n) is 2.50. The molecule has 0 radical (unpaired) electrons. The third-order valence-corrected chi connectivity index (χ3v) is 4.35. The summed E-state index contributed by atoms with van der Waals surface area (Å²) in [7, 11) is 0. The summed E-state index contributed by atoms with van der Waals surface area (Å²) in [5.41, 5.74) is 1.58. The summed E-state index contributed by atoms with van der Waals surface area (Å²) in [5.74, 6) is -0.246. The Morgan fingerprint density at radius 1 is 1.14 bits per heavy atom. The summed E-state index contributed by atoms with van der Waals surface area (Å²) in [5, 5.41) is 6.10. The first-order valence-corrected chi connectivity index (χ1v) is 7.52. The second-order valence-electron chi connectivity index (χ2n) is 5.57. The van der Waals surface area contributed by atoms with Gasteiger partial charge in [-0.3, -0.25) is 0 Å². The highest BCUT2D eigenvalue weighted by Crippen LogP contribution is 2.47. The predicted octanol–water partition coefficient (Wildman–Crippen LogP) is 4.33. The molecule has 0 spiro atoms. The summed E-state index contributed by atoms with van der Waals surface area (Å²) in [6.07, 6.45) is 1.98. The molecule has 2 aromatic carbocycles. The molecule has 3 nitrogen and oxygen atoms in total. The molecule has 0 heterocycles. The van der Waals surface area contributed by atoms with Crippen LogP contribution in [0.25, 0.3) is 0 Å². The molecule has 114 valence electrons. The van der Waals surface area contributed by atoms with E-state index in [0.717, 1.165) is 18.4 Å². The molecule has 1 aliphatic rings. The van der Waals surface area contributed by atoms with Crippen LogP contribution in [0.5, 0.6) is 0 Å². The molecule has 0 atom stereocenters. The van der Waals surface area contributed by atoms with Gasteiger partial charge in [0.1, 0.15) is 5.82 Å². The lowest BCUT2D eigenvalue weighted by molar-refractivity contribution is 0.251. The van der Waals surface area contributed by atoms with E-state index in [1.165, 1.54) is 12.1 Å². The van der Waals surface area contributed by atoms with E-state index in [2.05, 4.69) is 10.6 Å². The summed E-state index contributed by atoms with van der Waals surface area (Å²) in [6.45, 7) is 0.523. The molecule has 5 heteroatoms. The zero-order valence-corrected chi connectivity index (χ0v) is 12.7. The van der Waals surface area contributed by atoms with Crippen LogP contribution in [0.15, 0.2) is 48.5 Å². The molecule has 1 fully saturated rings. The minimum atomic E-state index is -0.290. The number of hydrogen-bond acceptors (Lipinski definition) is 1. The number of hydrogen-bond donors (Lipinski definition) is 2. The van der Waals surface area contributed by atoms with Gasteiger partial charge in [-0.15, -0.1) is 0 Å². The molecule has 2 N–H and O–H groups in total. The highest BCUT2D eigenvalue weighted by Gasteiger charge is 2.44. The van der Waals surface area contributed by atoms with E-state index in [4.69, 9.17) is 11.6 Å². The second kappa shape index (κ2) is 5.97. The van der Waals surface area contributed by atoms with Crippen LogP contribution in [0.2, 0.25) is 5.02 Å². The van der Waals surface area contributed by atoms with Crippen molar-refractivity contribution in [3.63, 3.8) is 0 Å². The molecule has 0 unspecified atom stereocenters. The molecule has 2 aromatic rings. The molecule has 2 amide bonds. The van der Waals surface area contributed by atoms with Crippen molar-refractivity contribution in [2.75, 3.05) is 11.9 Å². The fourth-order valence-corrected chi connectivity index (χ4v) is 2.68. The number of halogens is 2. The van der Waals surface area contributed by atoms with Gasteiger partial charge in [0.15, 0.2) is 0 Å². The molecule has 3 rings (SSSR count). The van der Waals surface area contributed by atoms with Gasteiger partial charge in [-0.1, -0.05) is 35.9 Å². The third-order valence-electron chi connectivity index (χ3n) is 4.02. The van der Waals surface area contributed by atoms with E-state index in [9.17, 15) is 9.18 Å². The molecule has 1 aliphatic carbocycles. The molecule has 0 aliphatic heterocycles. The zero-order chi connectivity index (χ0) is 15.6. The van der Waals surface area contributed by atoms with Crippen molar-refractivity contribution in [1.82, 2.24) is 5.32 Å². The lowest BCUT2D eigenvalue weighted by Gasteiger charge is -2.17. The molecule has 0 aromatic heterocycles. The number of rotatable bonds is 4. The number of carbonyl (C=O) groups is 1. The first kappa shape index (κ1) is 14.9. The topological polar surface area (TPSA) is 41.1 Å². The van der Waals surface area contributed by atoms with Gasteiger partial charge in [-0.25, -0.2) is 9.18 Å². The van der Waals surface area contributed by atoms with Crippen molar-refractivity contribution in [3.05, 3.63) is 64.9 Å². The average Bonchev–Trinajstić information content (AvgIpc) is 3.29. The molecular formula is C17H16ClFN2O. The van der Waals surface area contributed by atoms with E-state index >= 15 is 0 Å². The van der Waals surface area contributed by atoms with E-state index in [-0.39, 0.29) is 17.3 Å². The van der Waals surface area contributed by atoms with Crippen LogP contribution in [0.3, 0.4) is 0 Å². The smallest absolute Gasteiger partial charge is 0.319 e. The summed E-state index contributed by atoms with van der Waals surface area (Å²) in [6, 6.07) is 13.3. The van der Waals surface area contributed by atoms with Crippen LogP contribution in [-0.2, 0) is 5.41 Å². The van der Waals surface area contributed by atoms with Crippen molar-refractivity contribution in [2.24, 2.45) is 0 Å². The number of anilines is 1. The first-order valence-electron chi connectivity index (χ1n) is 7.15. The number of benzene rings is 2. The lowest BCUT2D eigenvalue weighted by Crippen LogP contribution is -2.35. The van der Waals surface area contributed by atoms with Gasteiger partial charge in [0.05, 0.1) is 10.7 Å². The maximum atomic E-state index is 13.0. The summed E-state index contributed by atoms with van der Waals surface area (Å²) < 4.78 is 13.0. The Morgan fingerprint density at radius 2 is 1.82 bits per heavy atom. The molecule has 0 saturated heterocycles. The van der Waals surface area contributed by atoms with Crippen LogP contribution in [0.1, 0.15) is 18.4 Å². The van der Waals surface area contributed by atoms with Gasteiger partial charge in [-0.05, 0) is 42.7 Å². The van der Waals surface area contributed by atoms with Crippen LogP contribution in [-0.4, -0.2) is 12.6 Å². The Bertz CT molecular complexity index is 683. The Balaban J connectivity index is 1.59. The van der Waals surface area contributed by atoms with Crippen LogP contribution in [0, 0.1) is 5.82 Å². The van der Waals surface area contributed by atoms with Gasteiger partial charge in [-0.2, -0.15) is 0 Å². The molecule has 0 bridgehead atoms. The quantitative estimate of drug-likeness (QED) is 0.865. The van der Waals surface area contributed by atoms with Gasteiger partial charge < -0.3 is 10.6 Å². The highest BCUT2D eigenvalue weighted by molar-refractivity contribution is 6.33. The molecule has 1 saturated carbocycles. The summed E-state index contributed by atoms with van der Waals surface area (Å²) >= 11 is 6.00. The third kappa shape index (κ3) is 3.22. The maximum Gasteiger partial charge on any atom is 0.319 e. The van der Waals surface area contributed by atoms with Crippen LogP contribution in [0.4, 0.5) is 14.9 Å². The first-order chi connectivity index (χ1) is 10.6. The number of para-hydroxylation sites is 1. The van der Waals surface area contributed by atoms with E-state index in [1.807, 2.05) is 6.07 Å². The van der Waals surface area contributed by atoms with Gasteiger partial charge >= 0.3 is 6.03 Å². The van der Waals surface area contributed by atoms with Gasteiger partial charge in [0, 0.05) is 12.0 Å². The number of carbonyl (C=O) groups excluding carboxylic acids is 1. The number of amides is 2. The minimum Gasteiger partial charge on any atom is -0.337 e. The minimum absolute atomic E-state index is 0.0640. The molecular weight excluding hydrogens is 303 g/mol. The van der Waals surface area contributed by atoms with Gasteiger partial charge in [0.25, 0.3) is 0 Å². The van der Waals surface area contributed by atoms with Crippen molar-refractivity contribution >= 4 is 23.3 Å². The predicted molar refractivity (Wildman–Crippen MR) is 85.8 cm³/mol. The number of urea groups is 1. The SMILES string of the molecule is O=C(NCC1(c2ccc(F)cc2)CC1)Nc1ccccc1Cl. The Hall–Kier alpha value is -2.07. The van der Waals surface area contributed by atoms with Crippen molar-refractivity contribution < 1.29 is 9.18 Å². The van der Waals surface area contributed by atoms with Gasteiger partial charge in [0.2, 0.25) is 0 Å².